The normalized spacial score (nSPS) is 25.7. The van der Waals surface area contributed by atoms with Crippen molar-refractivity contribution in [1.82, 2.24) is 19.5 Å². The highest BCUT2D eigenvalue weighted by molar-refractivity contribution is 7.70. The zero-order chi connectivity index (χ0) is 32.3. The van der Waals surface area contributed by atoms with E-state index >= 15 is 0 Å². The number of aliphatic hydroxyl groups is 5. The summed E-state index contributed by atoms with van der Waals surface area (Å²) in [7, 11) is -9.24. The summed E-state index contributed by atoms with van der Waals surface area (Å²) in [6.07, 6.45) is -4.26. The summed E-state index contributed by atoms with van der Waals surface area (Å²) in [5.41, 5.74) is 5.00. The van der Waals surface area contributed by atoms with Crippen molar-refractivity contribution in [3.8, 4) is 0 Å². The Balaban J connectivity index is 0.000000675. The minimum absolute atomic E-state index is 0.0324. The topological polar surface area (TPSA) is 273 Å². The third kappa shape index (κ3) is 9.45. The first-order chi connectivity index (χ1) is 19.1. The van der Waals surface area contributed by atoms with Crippen molar-refractivity contribution in [2.24, 2.45) is 10.8 Å². The van der Waals surface area contributed by atoms with E-state index in [0.29, 0.717) is 0 Å². The molecule has 1 saturated heterocycles. The molecule has 3 rings (SSSR count). The number of ether oxygens (including phenoxy) is 1. The molecule has 5 unspecified atom stereocenters. The molecule has 0 bridgehead atoms. The van der Waals surface area contributed by atoms with Gasteiger partial charge in [-0.1, -0.05) is 27.7 Å². The first kappa shape index (κ1) is 36.6. The summed E-state index contributed by atoms with van der Waals surface area (Å²) < 4.78 is 41.4. The number of nitrogen functional groups attached to an aromatic ring is 1. The van der Waals surface area contributed by atoms with Crippen LogP contribution in [0.2, 0.25) is 0 Å². The van der Waals surface area contributed by atoms with Crippen LogP contribution in [0.25, 0.3) is 11.2 Å². The first-order valence-corrected chi connectivity index (χ1v) is 16.5. The van der Waals surface area contributed by atoms with Crippen molar-refractivity contribution < 1.29 is 58.2 Å². The first-order valence-electron chi connectivity index (χ1n) is 13.0. The molecule has 0 amide bonds. The average Bonchev–Trinajstić information content (AvgIpc) is 3.43. The Labute approximate surface area is 243 Å². The van der Waals surface area contributed by atoms with Crippen LogP contribution in [-0.4, -0.2) is 111 Å². The van der Waals surface area contributed by atoms with Crippen LogP contribution in [0.1, 0.15) is 47.8 Å². The molecule has 0 aromatic carbocycles. The fraction of sp³-hybridized carbons (Fsp3) is 0.783. The molecular weight excluding hydrogens is 600 g/mol. The lowest BCUT2D eigenvalue weighted by molar-refractivity contribution is -0.0484. The Morgan fingerprint density at radius 1 is 1.00 bits per heavy atom. The minimum Gasteiger partial charge on any atom is -0.396 e. The van der Waals surface area contributed by atoms with Crippen LogP contribution in [0.4, 0.5) is 5.82 Å². The van der Waals surface area contributed by atoms with E-state index in [-0.39, 0.29) is 35.6 Å². The quantitative estimate of drug-likeness (QED) is 0.143. The highest BCUT2D eigenvalue weighted by Crippen LogP contribution is 2.59. The second kappa shape index (κ2) is 14.0. The molecule has 42 heavy (non-hydrogen) atoms. The van der Waals surface area contributed by atoms with E-state index < -0.39 is 69.9 Å². The molecule has 0 spiro atoms. The number of nitrogens with zero attached hydrogens (tertiary/aromatic N) is 4. The van der Waals surface area contributed by atoms with Crippen molar-refractivity contribution in [3.05, 3.63) is 12.7 Å². The van der Waals surface area contributed by atoms with E-state index in [1.807, 2.05) is 13.8 Å². The van der Waals surface area contributed by atoms with Gasteiger partial charge in [0.1, 0.15) is 30.2 Å². The Kier molecular flexibility index (Phi) is 12.2. The lowest BCUT2D eigenvalue weighted by Crippen LogP contribution is -2.33. The molecule has 1 aliphatic heterocycles. The molecule has 2 aromatic rings. The average molecular weight is 644 g/mol. The number of anilines is 1. The van der Waals surface area contributed by atoms with Crippen molar-refractivity contribution in [2.75, 3.05) is 31.5 Å². The second-order valence-corrected chi connectivity index (χ2v) is 15.8. The van der Waals surface area contributed by atoms with E-state index in [4.69, 9.17) is 29.7 Å². The van der Waals surface area contributed by atoms with Gasteiger partial charge in [-0.3, -0.25) is 13.7 Å². The maximum atomic E-state index is 12.4. The van der Waals surface area contributed by atoms with Crippen molar-refractivity contribution in [2.45, 2.75) is 78.3 Å². The highest BCUT2D eigenvalue weighted by atomic mass is 31.2. The van der Waals surface area contributed by atoms with Crippen LogP contribution >= 0.6 is 15.2 Å². The Morgan fingerprint density at radius 3 is 2.10 bits per heavy atom. The van der Waals surface area contributed by atoms with Crippen LogP contribution < -0.4 is 5.73 Å². The van der Waals surface area contributed by atoms with Gasteiger partial charge >= 0.3 is 15.2 Å². The molecule has 17 nitrogen and oxygen atoms in total. The number of fused-ring (bicyclic) bond motifs is 1. The summed E-state index contributed by atoms with van der Waals surface area (Å²) in [4.78, 5) is 31.9. The van der Waals surface area contributed by atoms with Gasteiger partial charge in [-0.05, 0) is 13.8 Å². The zero-order valence-corrected chi connectivity index (χ0v) is 26.2. The summed E-state index contributed by atoms with van der Waals surface area (Å²) in [5, 5.41) is 48.0. The maximum Gasteiger partial charge on any atom is 0.340 e. The lowest BCUT2D eigenvalue weighted by Gasteiger charge is -2.28. The molecule has 1 aliphatic rings. The zero-order valence-electron chi connectivity index (χ0n) is 24.4. The molecule has 3 heterocycles. The summed E-state index contributed by atoms with van der Waals surface area (Å²) in [6, 6.07) is 0. The predicted octanol–water partition coefficient (Wildman–Crippen LogP) is 0.182. The Bertz CT molecular complexity index is 1270. The molecule has 242 valence electrons. The summed E-state index contributed by atoms with van der Waals surface area (Å²) in [6.45, 7) is 8.99. The van der Waals surface area contributed by atoms with Gasteiger partial charge in [0.2, 0.25) is 0 Å². The lowest BCUT2D eigenvalue weighted by atomic mass is 9.89. The number of rotatable bonds is 12. The smallest absolute Gasteiger partial charge is 0.340 e. The van der Waals surface area contributed by atoms with Gasteiger partial charge in [0.25, 0.3) is 0 Å². The third-order valence-electron chi connectivity index (χ3n) is 7.10. The Hall–Kier alpha value is -1.59. The largest absolute Gasteiger partial charge is 0.396 e. The summed E-state index contributed by atoms with van der Waals surface area (Å²) >= 11 is 0. The van der Waals surface area contributed by atoms with Gasteiger partial charge in [0.05, 0.1) is 38.4 Å². The number of aliphatic hydroxyl groups excluding tert-OH is 5. The molecular formula is C23H43N5O12P2. The van der Waals surface area contributed by atoms with Gasteiger partial charge in [-0.2, -0.15) is 0 Å². The van der Waals surface area contributed by atoms with Crippen LogP contribution in [0.5, 0.6) is 0 Å². The molecule has 0 saturated carbocycles. The molecule has 19 heteroatoms. The second-order valence-electron chi connectivity index (χ2n) is 11.6. The highest BCUT2D eigenvalue weighted by Gasteiger charge is 2.46. The van der Waals surface area contributed by atoms with Gasteiger partial charge in [0, 0.05) is 10.8 Å². The predicted molar refractivity (Wildman–Crippen MR) is 150 cm³/mol. The third-order valence-corrected chi connectivity index (χ3v) is 11.0. The van der Waals surface area contributed by atoms with Crippen molar-refractivity contribution >= 4 is 32.2 Å². The fourth-order valence-electron chi connectivity index (χ4n) is 3.17. The van der Waals surface area contributed by atoms with E-state index in [2.05, 4.69) is 15.0 Å². The number of imidazole rings is 1. The van der Waals surface area contributed by atoms with Crippen LogP contribution in [0.15, 0.2) is 12.7 Å². The van der Waals surface area contributed by atoms with Crippen LogP contribution in [0.3, 0.4) is 0 Å². The van der Waals surface area contributed by atoms with Crippen molar-refractivity contribution in [1.29, 1.82) is 0 Å². The standard InChI is InChI=1S/C17H29N5O10P2.C6H14O2/c1-9(23)17(2,3)5-31-34(28,29)8-33(26,27)30-4-10-12(24)13(25)16(32-10)22-7-21-11-14(18)19-6-20-15(11)22;1-5(8)6(2,3)4-7/h6-7,9-10,12-13,16,23-25H,4-5,8H2,1-3H3,(H,26,27)(H,28,29)(H2,18,19,20);5,7-8H,4H2,1-3H3/t9?,10-,12+,13?,16-;/m1./s1. The molecule has 0 aliphatic carbocycles. The van der Waals surface area contributed by atoms with Gasteiger partial charge < -0.3 is 54.8 Å². The van der Waals surface area contributed by atoms with E-state index in [0.717, 1.165) is 0 Å². The molecule has 2 aromatic heterocycles. The van der Waals surface area contributed by atoms with E-state index in [1.165, 1.54) is 24.1 Å². The van der Waals surface area contributed by atoms with Gasteiger partial charge in [0.15, 0.2) is 23.6 Å². The van der Waals surface area contributed by atoms with Gasteiger partial charge in [-0.15, -0.1) is 0 Å². The monoisotopic (exact) mass is 643 g/mol. The summed E-state index contributed by atoms with van der Waals surface area (Å²) in [5.74, 6) is -1.11. The van der Waals surface area contributed by atoms with E-state index in [9.17, 15) is 34.2 Å². The molecule has 9 N–H and O–H groups in total. The number of aromatic nitrogens is 4. The number of hydrogen-bond donors (Lipinski definition) is 8. The Morgan fingerprint density at radius 2 is 1.57 bits per heavy atom. The molecule has 8 atom stereocenters. The molecule has 0 radical (unpaired) electrons. The minimum atomic E-state index is -4.67. The fourth-order valence-corrected chi connectivity index (χ4v) is 6.54. The maximum absolute atomic E-state index is 12.4. The number of nitrogens with two attached hydrogens (primary N) is 1. The van der Waals surface area contributed by atoms with E-state index in [1.54, 1.807) is 20.8 Å². The molecule has 1 fully saturated rings. The van der Waals surface area contributed by atoms with Crippen molar-refractivity contribution in [3.63, 3.8) is 0 Å². The van der Waals surface area contributed by atoms with Gasteiger partial charge in [-0.25, -0.2) is 15.0 Å². The van der Waals surface area contributed by atoms with Crippen LogP contribution in [0, 0.1) is 10.8 Å². The SMILES string of the molecule is CC(O)C(C)(C)CO.CC(O)C(C)(C)COP(=O)(O)CP(=O)(O)OC[C@H]1O[C@@H](n2cnc3c(N)ncnc32)C(O)[C@H]1O. The van der Waals surface area contributed by atoms with Crippen LogP contribution in [-0.2, 0) is 22.9 Å². The number of hydrogen-bond acceptors (Lipinski definition) is 14.